The zero-order chi connectivity index (χ0) is 13.8. The Kier molecular flexibility index (Phi) is 4.55. The van der Waals surface area contributed by atoms with E-state index in [4.69, 9.17) is 9.26 Å². The van der Waals surface area contributed by atoms with Gasteiger partial charge in [-0.25, -0.2) is 0 Å². The lowest BCUT2D eigenvalue weighted by Crippen LogP contribution is -2.46. The van der Waals surface area contributed by atoms with Crippen molar-refractivity contribution in [3.05, 3.63) is 17.5 Å². The second-order valence-electron chi connectivity index (χ2n) is 5.04. The summed E-state index contributed by atoms with van der Waals surface area (Å²) in [7, 11) is 1.56. The highest BCUT2D eigenvalue weighted by Gasteiger charge is 2.30. The molecule has 0 radical (unpaired) electrons. The van der Waals surface area contributed by atoms with E-state index in [0.717, 1.165) is 12.8 Å². The Morgan fingerprint density at radius 3 is 3.11 bits per heavy atom. The number of ether oxygens (including phenoxy) is 1. The second kappa shape index (κ2) is 6.16. The van der Waals surface area contributed by atoms with Gasteiger partial charge >= 0.3 is 0 Å². The van der Waals surface area contributed by atoms with Gasteiger partial charge in [0.25, 0.3) is 5.91 Å². The third-order valence-electron chi connectivity index (χ3n) is 3.56. The van der Waals surface area contributed by atoms with E-state index in [1.54, 1.807) is 18.1 Å². The number of amides is 1. The smallest absolute Gasteiger partial charge is 0.276 e. The molecule has 0 spiro atoms. The van der Waals surface area contributed by atoms with Crippen LogP contribution in [0.2, 0.25) is 0 Å². The molecule has 1 fully saturated rings. The van der Waals surface area contributed by atoms with E-state index >= 15 is 0 Å². The summed E-state index contributed by atoms with van der Waals surface area (Å²) in [4.78, 5) is 14.1. The summed E-state index contributed by atoms with van der Waals surface area (Å²) in [6, 6.07) is 1.78. The molecule has 1 aliphatic heterocycles. The van der Waals surface area contributed by atoms with Gasteiger partial charge < -0.3 is 19.3 Å². The fourth-order valence-corrected chi connectivity index (χ4v) is 2.39. The molecule has 2 heterocycles. The molecule has 6 heteroatoms. The van der Waals surface area contributed by atoms with E-state index in [2.05, 4.69) is 5.16 Å². The number of aliphatic hydroxyl groups excluding tert-OH is 1. The average molecular weight is 268 g/mol. The Hall–Kier alpha value is -1.40. The van der Waals surface area contributed by atoms with Gasteiger partial charge in [0.1, 0.15) is 6.61 Å². The fraction of sp³-hybridized carbons (Fsp3) is 0.692. The van der Waals surface area contributed by atoms with E-state index in [0.29, 0.717) is 24.6 Å². The van der Waals surface area contributed by atoms with Crippen molar-refractivity contribution in [3.8, 4) is 0 Å². The van der Waals surface area contributed by atoms with Crippen LogP contribution >= 0.6 is 0 Å². The number of rotatable bonds is 4. The lowest BCUT2D eigenvalue weighted by molar-refractivity contribution is 0.0479. The molecule has 1 aliphatic rings. The normalized spacial score (nSPS) is 23.6. The molecule has 1 saturated heterocycles. The molecule has 0 aromatic carbocycles. The minimum Gasteiger partial charge on any atom is -0.396 e. The summed E-state index contributed by atoms with van der Waals surface area (Å²) >= 11 is 0. The molecule has 2 atom stereocenters. The number of aromatic nitrogens is 1. The maximum absolute atomic E-state index is 12.4. The predicted molar refractivity (Wildman–Crippen MR) is 67.5 cm³/mol. The van der Waals surface area contributed by atoms with E-state index in [1.165, 1.54) is 0 Å². The maximum atomic E-state index is 12.4. The molecule has 1 amide bonds. The van der Waals surface area contributed by atoms with Gasteiger partial charge in [0, 0.05) is 32.4 Å². The van der Waals surface area contributed by atoms with Crippen molar-refractivity contribution >= 4 is 5.91 Å². The number of methoxy groups -OCH3 is 1. The standard InChI is InChI=1S/C13H20N2O4/c1-9-3-4-10(7-16)6-15(9)13(17)12-5-11(8-18-2)19-14-12/h5,9-10,16H,3-4,6-8H2,1-2H3. The second-order valence-corrected chi connectivity index (χ2v) is 5.04. The first-order valence-corrected chi connectivity index (χ1v) is 6.52. The Morgan fingerprint density at radius 1 is 1.63 bits per heavy atom. The molecule has 1 aromatic heterocycles. The maximum Gasteiger partial charge on any atom is 0.276 e. The van der Waals surface area contributed by atoms with Crippen LogP contribution in [0.3, 0.4) is 0 Å². The van der Waals surface area contributed by atoms with E-state index < -0.39 is 0 Å². The van der Waals surface area contributed by atoms with Gasteiger partial charge in [-0.2, -0.15) is 0 Å². The lowest BCUT2D eigenvalue weighted by Gasteiger charge is -2.36. The van der Waals surface area contributed by atoms with Gasteiger partial charge in [-0.1, -0.05) is 5.16 Å². The van der Waals surface area contributed by atoms with E-state index in [-0.39, 0.29) is 24.5 Å². The molecule has 0 aliphatic carbocycles. The van der Waals surface area contributed by atoms with Crippen molar-refractivity contribution in [2.45, 2.75) is 32.4 Å². The summed E-state index contributed by atoms with van der Waals surface area (Å²) < 4.78 is 9.96. The average Bonchev–Trinajstić information content (AvgIpc) is 2.88. The minimum atomic E-state index is -0.142. The van der Waals surface area contributed by atoms with Gasteiger partial charge in [0.2, 0.25) is 0 Å². The highest BCUT2D eigenvalue weighted by Crippen LogP contribution is 2.23. The number of piperidine rings is 1. The first kappa shape index (κ1) is 14.0. The number of carbonyl (C=O) groups is 1. The summed E-state index contributed by atoms with van der Waals surface area (Å²) in [6.07, 6.45) is 1.86. The van der Waals surface area contributed by atoms with Crippen molar-refractivity contribution in [1.82, 2.24) is 10.1 Å². The van der Waals surface area contributed by atoms with Crippen molar-refractivity contribution in [2.24, 2.45) is 5.92 Å². The molecule has 19 heavy (non-hydrogen) atoms. The number of aliphatic hydroxyl groups is 1. The van der Waals surface area contributed by atoms with Crippen LogP contribution < -0.4 is 0 Å². The Morgan fingerprint density at radius 2 is 2.42 bits per heavy atom. The number of likely N-dealkylation sites (tertiary alicyclic amines) is 1. The molecule has 6 nitrogen and oxygen atoms in total. The van der Waals surface area contributed by atoms with Crippen LogP contribution in [0.25, 0.3) is 0 Å². The van der Waals surface area contributed by atoms with E-state index in [1.807, 2.05) is 6.92 Å². The SMILES string of the molecule is COCc1cc(C(=O)N2CC(CO)CCC2C)no1. The summed E-state index contributed by atoms with van der Waals surface area (Å²) in [5.41, 5.74) is 0.303. The minimum absolute atomic E-state index is 0.115. The third kappa shape index (κ3) is 3.13. The first-order valence-electron chi connectivity index (χ1n) is 6.52. The molecule has 0 saturated carbocycles. The molecule has 106 valence electrons. The molecular weight excluding hydrogens is 248 g/mol. The monoisotopic (exact) mass is 268 g/mol. The molecule has 2 rings (SSSR count). The van der Waals surface area contributed by atoms with E-state index in [9.17, 15) is 9.90 Å². The highest BCUT2D eigenvalue weighted by atomic mass is 16.5. The predicted octanol–water partition coefficient (Wildman–Crippen LogP) is 1.05. The van der Waals surface area contributed by atoms with Crippen molar-refractivity contribution in [2.75, 3.05) is 20.3 Å². The molecular formula is C13H20N2O4. The van der Waals surface area contributed by atoms with Crippen molar-refractivity contribution in [3.63, 3.8) is 0 Å². The van der Waals surface area contributed by atoms with Gasteiger partial charge in [-0.05, 0) is 25.7 Å². The fourth-order valence-electron chi connectivity index (χ4n) is 2.39. The largest absolute Gasteiger partial charge is 0.396 e. The van der Waals surface area contributed by atoms with Crippen LogP contribution in [-0.4, -0.2) is 47.4 Å². The van der Waals surface area contributed by atoms with Crippen LogP contribution in [0.1, 0.15) is 36.0 Å². The van der Waals surface area contributed by atoms with Crippen LogP contribution in [0.4, 0.5) is 0 Å². The molecule has 0 bridgehead atoms. The summed E-state index contributed by atoms with van der Waals surface area (Å²) in [6.45, 7) is 3.00. The number of hydrogen-bond donors (Lipinski definition) is 1. The zero-order valence-corrected chi connectivity index (χ0v) is 11.3. The van der Waals surface area contributed by atoms with Gasteiger partial charge in [0.05, 0.1) is 0 Å². The molecule has 1 N–H and O–H groups in total. The van der Waals surface area contributed by atoms with Gasteiger partial charge in [-0.15, -0.1) is 0 Å². The first-order chi connectivity index (χ1) is 9.15. The van der Waals surface area contributed by atoms with Crippen molar-refractivity contribution in [1.29, 1.82) is 0 Å². The van der Waals surface area contributed by atoms with Crippen LogP contribution in [-0.2, 0) is 11.3 Å². The Bertz CT molecular complexity index is 432. The number of nitrogens with zero attached hydrogens (tertiary/aromatic N) is 2. The molecule has 2 unspecified atom stereocenters. The van der Waals surface area contributed by atoms with Gasteiger partial charge in [-0.3, -0.25) is 4.79 Å². The van der Waals surface area contributed by atoms with Gasteiger partial charge in [0.15, 0.2) is 11.5 Å². The topological polar surface area (TPSA) is 75.8 Å². The van der Waals surface area contributed by atoms with Crippen LogP contribution in [0, 0.1) is 5.92 Å². The highest BCUT2D eigenvalue weighted by molar-refractivity contribution is 5.92. The summed E-state index contributed by atoms with van der Waals surface area (Å²) in [5.74, 6) is 0.552. The lowest BCUT2D eigenvalue weighted by atomic mass is 9.94. The third-order valence-corrected chi connectivity index (χ3v) is 3.56. The zero-order valence-electron chi connectivity index (χ0n) is 11.3. The Labute approximate surface area is 112 Å². The molecule has 1 aromatic rings. The number of hydrogen-bond acceptors (Lipinski definition) is 5. The van der Waals surface area contributed by atoms with Crippen LogP contribution in [0.5, 0.6) is 0 Å². The number of carbonyl (C=O) groups excluding carboxylic acids is 1. The van der Waals surface area contributed by atoms with Crippen molar-refractivity contribution < 1.29 is 19.2 Å². The van der Waals surface area contributed by atoms with Crippen LogP contribution in [0.15, 0.2) is 10.6 Å². The quantitative estimate of drug-likeness (QED) is 0.883. The summed E-state index contributed by atoms with van der Waals surface area (Å²) in [5, 5.41) is 13.0. The Balaban J connectivity index is 2.08.